The zero-order valence-corrected chi connectivity index (χ0v) is 7.22. The molecule has 3 heteroatoms. The quantitative estimate of drug-likeness (QED) is 0.498. The van der Waals surface area contributed by atoms with Crippen LogP contribution >= 0.6 is 7.49 Å². The van der Waals surface area contributed by atoms with Crippen molar-refractivity contribution in [3.8, 4) is 0 Å². The van der Waals surface area contributed by atoms with Crippen LogP contribution in [-0.2, 0) is 0 Å². The fourth-order valence-corrected chi connectivity index (χ4v) is 3.08. The van der Waals surface area contributed by atoms with Gasteiger partial charge in [0.05, 0.1) is 0 Å². The summed E-state index contributed by atoms with van der Waals surface area (Å²) in [6.07, 6.45) is 2.12. The van der Waals surface area contributed by atoms with Gasteiger partial charge in [0.25, 0.3) is 0 Å². The van der Waals surface area contributed by atoms with Gasteiger partial charge in [0.2, 0.25) is 0 Å². The van der Waals surface area contributed by atoms with E-state index in [2.05, 4.69) is 18.6 Å². The van der Waals surface area contributed by atoms with E-state index < -0.39 is 7.49 Å². The van der Waals surface area contributed by atoms with Crippen molar-refractivity contribution in [3.63, 3.8) is 0 Å². The number of hydrogen-bond acceptors (Lipinski definition) is 2. The summed E-state index contributed by atoms with van der Waals surface area (Å²) in [4.78, 5) is 11.9. The van der Waals surface area contributed by atoms with E-state index in [0.717, 1.165) is 25.4 Å². The molecule has 0 atom stereocenters. The van der Waals surface area contributed by atoms with E-state index in [9.17, 15) is 4.89 Å². The van der Waals surface area contributed by atoms with E-state index in [0.29, 0.717) is 0 Å². The molecule has 0 aromatic rings. The molecule has 0 saturated carbocycles. The molecule has 1 aliphatic rings. The zero-order chi connectivity index (χ0) is 6.91. The Kier molecular flexibility index (Phi) is 2.10. The van der Waals surface area contributed by atoms with Gasteiger partial charge in [0, 0.05) is 0 Å². The van der Waals surface area contributed by atoms with Crippen LogP contribution in [0.1, 0.15) is 0 Å². The average Bonchev–Trinajstić information content (AvgIpc) is 1.78. The van der Waals surface area contributed by atoms with Gasteiger partial charge in [0.15, 0.2) is 0 Å². The molecule has 0 unspecified atom stereocenters. The van der Waals surface area contributed by atoms with Gasteiger partial charge in [-0.15, -0.1) is 0 Å². The predicted octanol–water partition coefficient (Wildman–Crippen LogP) is 0.219. The average molecular weight is 149 g/mol. The molecular formula is C6H16NOP. The Labute approximate surface area is 57.3 Å². The van der Waals surface area contributed by atoms with Crippen molar-refractivity contribution in [1.82, 2.24) is 4.90 Å². The molecule has 1 saturated heterocycles. The summed E-state index contributed by atoms with van der Waals surface area (Å²) in [5.74, 6) is 0. The molecule has 0 aromatic heterocycles. The number of rotatable bonds is 0. The van der Waals surface area contributed by atoms with Gasteiger partial charge in [-0.2, -0.15) is 0 Å². The summed E-state index contributed by atoms with van der Waals surface area (Å²) >= 11 is 0. The van der Waals surface area contributed by atoms with Crippen molar-refractivity contribution in [2.75, 3.05) is 39.1 Å². The molecule has 1 heterocycles. The maximum atomic E-state index is 9.60. The third-order valence-corrected chi connectivity index (χ3v) is 4.67. The van der Waals surface area contributed by atoms with Gasteiger partial charge in [-0.05, 0) is 0 Å². The fourth-order valence-electron chi connectivity index (χ4n) is 1.10. The topological polar surface area (TPSA) is 23.5 Å². The Bertz CT molecular complexity index is 95.2. The summed E-state index contributed by atoms with van der Waals surface area (Å²) in [6, 6.07) is 0. The molecule has 1 aliphatic heterocycles. The Morgan fingerprint density at radius 2 is 1.78 bits per heavy atom. The monoisotopic (exact) mass is 149 g/mol. The van der Waals surface area contributed by atoms with E-state index in [4.69, 9.17) is 0 Å². The molecular weight excluding hydrogens is 133 g/mol. The van der Waals surface area contributed by atoms with E-state index in [1.165, 1.54) is 0 Å². The van der Waals surface area contributed by atoms with Gasteiger partial charge >= 0.3 is 56.4 Å². The number of hydrogen-bond donors (Lipinski definition) is 1. The molecule has 1 rings (SSSR count). The molecule has 0 radical (unpaired) electrons. The first-order valence-electron chi connectivity index (χ1n) is 3.51. The summed E-state index contributed by atoms with van der Waals surface area (Å²) < 4.78 is 0. The summed E-state index contributed by atoms with van der Waals surface area (Å²) in [5, 5.41) is 0. The van der Waals surface area contributed by atoms with Crippen molar-refractivity contribution in [1.29, 1.82) is 0 Å². The van der Waals surface area contributed by atoms with E-state index in [-0.39, 0.29) is 0 Å². The van der Waals surface area contributed by atoms with Crippen LogP contribution in [-0.4, -0.2) is 48.9 Å². The fraction of sp³-hybridized carbons (Fsp3) is 1.00. The van der Waals surface area contributed by atoms with Crippen LogP contribution in [0.4, 0.5) is 0 Å². The third-order valence-electron chi connectivity index (χ3n) is 2.06. The van der Waals surface area contributed by atoms with Crippen LogP contribution in [0.15, 0.2) is 0 Å². The van der Waals surface area contributed by atoms with Crippen LogP contribution in [0.5, 0.6) is 0 Å². The molecule has 56 valence electrons. The second-order valence-electron chi connectivity index (χ2n) is 3.30. The van der Waals surface area contributed by atoms with Crippen molar-refractivity contribution in [2.45, 2.75) is 0 Å². The Hall–Kier alpha value is 0.350. The standard InChI is InChI=1S/C6H16NOP/c1-7-3-5-9(2,8)6-4-7/h8-9H,3-6H2,1-2H3. The number of nitrogens with zero attached hydrogens (tertiary/aromatic N) is 1. The molecule has 0 bridgehead atoms. The van der Waals surface area contributed by atoms with Gasteiger partial charge in [0.1, 0.15) is 0 Å². The molecule has 1 fully saturated rings. The van der Waals surface area contributed by atoms with Gasteiger partial charge < -0.3 is 0 Å². The van der Waals surface area contributed by atoms with Crippen LogP contribution in [0.3, 0.4) is 0 Å². The molecule has 0 aromatic carbocycles. The third kappa shape index (κ3) is 2.21. The molecule has 0 aliphatic carbocycles. The van der Waals surface area contributed by atoms with Crippen LogP contribution in [0.2, 0.25) is 0 Å². The normalized spacial score (nSPS) is 31.9. The van der Waals surface area contributed by atoms with Crippen molar-refractivity contribution in [2.24, 2.45) is 0 Å². The zero-order valence-electron chi connectivity index (χ0n) is 6.22. The SMILES string of the molecule is CN1CC[PH](C)(O)CC1. The van der Waals surface area contributed by atoms with Gasteiger partial charge in [-0.3, -0.25) is 0 Å². The molecule has 0 spiro atoms. The second-order valence-corrected chi connectivity index (χ2v) is 7.29. The summed E-state index contributed by atoms with van der Waals surface area (Å²) in [7, 11) is 0.441. The molecule has 9 heavy (non-hydrogen) atoms. The summed E-state index contributed by atoms with van der Waals surface area (Å²) in [5.41, 5.74) is 0. The molecule has 2 nitrogen and oxygen atoms in total. The molecule has 0 amide bonds. The van der Waals surface area contributed by atoms with Crippen LogP contribution < -0.4 is 0 Å². The van der Waals surface area contributed by atoms with Crippen molar-refractivity contribution in [3.05, 3.63) is 0 Å². The minimum atomic E-state index is -1.67. The van der Waals surface area contributed by atoms with Crippen molar-refractivity contribution < 1.29 is 4.89 Å². The Balaban J connectivity index is 2.35. The maximum absolute atomic E-state index is 9.60. The van der Waals surface area contributed by atoms with E-state index in [1.807, 2.05) is 0 Å². The first-order chi connectivity index (χ1) is 4.10. The first kappa shape index (κ1) is 7.46. The van der Waals surface area contributed by atoms with Crippen LogP contribution in [0.25, 0.3) is 0 Å². The van der Waals surface area contributed by atoms with Gasteiger partial charge in [-0.25, -0.2) is 0 Å². The second kappa shape index (κ2) is 2.53. The predicted molar refractivity (Wildman–Crippen MR) is 43.7 cm³/mol. The first-order valence-corrected chi connectivity index (χ1v) is 6.37. The Morgan fingerprint density at radius 1 is 1.33 bits per heavy atom. The van der Waals surface area contributed by atoms with Crippen molar-refractivity contribution >= 4 is 7.49 Å². The molecule has 1 N–H and O–H groups in total. The Morgan fingerprint density at radius 3 is 2.11 bits per heavy atom. The van der Waals surface area contributed by atoms with Crippen LogP contribution in [0, 0.1) is 0 Å². The van der Waals surface area contributed by atoms with Gasteiger partial charge in [-0.1, -0.05) is 0 Å². The van der Waals surface area contributed by atoms with E-state index >= 15 is 0 Å². The van der Waals surface area contributed by atoms with E-state index in [1.54, 1.807) is 0 Å². The minimum absolute atomic E-state index is 1.06. The summed E-state index contributed by atoms with van der Waals surface area (Å²) in [6.45, 7) is 4.25.